The molecule has 0 aliphatic carbocycles. The van der Waals surface area contributed by atoms with Crippen LogP contribution in [0.1, 0.15) is 65.0 Å². The molecule has 1 aromatic rings. The van der Waals surface area contributed by atoms with Crippen LogP contribution in [0.5, 0.6) is 0 Å². The van der Waals surface area contributed by atoms with Crippen molar-refractivity contribution in [3.8, 4) is 0 Å². The molecule has 0 atom stereocenters. The van der Waals surface area contributed by atoms with Gasteiger partial charge in [0.1, 0.15) is 0 Å². The fourth-order valence-electron chi connectivity index (χ4n) is 3.09. The Kier molecular flexibility index (Phi) is 15.1. The highest BCUT2D eigenvalue weighted by Gasteiger charge is 2.23. The molecule has 0 unspecified atom stereocenters. The Labute approximate surface area is 217 Å². The molecule has 1 rings (SSSR count). The quantitative estimate of drug-likeness (QED) is 0.165. The van der Waals surface area contributed by atoms with Crippen LogP contribution in [-0.4, -0.2) is 43.5 Å². The van der Waals surface area contributed by atoms with Crippen molar-refractivity contribution in [2.45, 2.75) is 66.2 Å². The average molecular weight is 499 g/mol. The third kappa shape index (κ3) is 12.6. The molecular formula is C31H44F2N2O. The second kappa shape index (κ2) is 16.6. The van der Waals surface area contributed by atoms with Crippen LogP contribution in [-0.2, 0) is 11.2 Å². The highest BCUT2D eigenvalue weighted by atomic mass is 19.3. The van der Waals surface area contributed by atoms with Crippen molar-refractivity contribution in [2.75, 3.05) is 21.1 Å². The molecule has 0 saturated heterocycles. The minimum absolute atomic E-state index is 0.0269. The Bertz CT molecular complexity index is 994. The van der Waals surface area contributed by atoms with E-state index in [9.17, 15) is 13.6 Å². The van der Waals surface area contributed by atoms with Crippen LogP contribution in [0.4, 0.5) is 8.78 Å². The molecule has 198 valence electrons. The van der Waals surface area contributed by atoms with Crippen LogP contribution >= 0.6 is 0 Å². The molecule has 0 heterocycles. The van der Waals surface area contributed by atoms with Crippen LogP contribution in [0.15, 0.2) is 83.6 Å². The van der Waals surface area contributed by atoms with E-state index in [-0.39, 0.29) is 18.6 Å². The smallest absolute Gasteiger partial charge is 0.247 e. The van der Waals surface area contributed by atoms with Crippen molar-refractivity contribution in [2.24, 2.45) is 4.99 Å². The van der Waals surface area contributed by atoms with Gasteiger partial charge in [-0.2, -0.15) is 0 Å². The summed E-state index contributed by atoms with van der Waals surface area (Å²) < 4.78 is 24.3. The average Bonchev–Trinajstić information content (AvgIpc) is 2.84. The van der Waals surface area contributed by atoms with Gasteiger partial charge >= 0.3 is 0 Å². The Hall–Kier alpha value is -3.08. The van der Waals surface area contributed by atoms with Gasteiger partial charge in [0.15, 0.2) is 5.78 Å². The summed E-state index contributed by atoms with van der Waals surface area (Å²) in [5.74, 6) is -2.34. The fraction of sp³-hybridized carbons (Fsp3) is 0.419. The molecule has 36 heavy (non-hydrogen) atoms. The van der Waals surface area contributed by atoms with Gasteiger partial charge < -0.3 is 4.90 Å². The van der Waals surface area contributed by atoms with Crippen molar-refractivity contribution >= 4 is 17.1 Å². The molecule has 1 aromatic carbocycles. The van der Waals surface area contributed by atoms with Gasteiger partial charge in [-0.15, -0.1) is 0 Å². The number of carbonyl (C=O) groups is 1. The van der Waals surface area contributed by atoms with Crippen molar-refractivity contribution in [3.05, 3.63) is 89.7 Å². The largest absolute Gasteiger partial charge is 0.383 e. The molecule has 0 spiro atoms. The normalized spacial score (nSPS) is 13.1. The van der Waals surface area contributed by atoms with Crippen LogP contribution in [0.3, 0.4) is 0 Å². The van der Waals surface area contributed by atoms with E-state index in [0.29, 0.717) is 12.8 Å². The Morgan fingerprint density at radius 2 is 1.61 bits per heavy atom. The number of halogens is 2. The number of alkyl halides is 2. The number of carbonyl (C=O) groups excluding carboxylic acids is 1. The maximum Gasteiger partial charge on any atom is 0.247 e. The molecule has 5 heteroatoms. The number of aliphatic imine (C=N–C) groups is 1. The summed E-state index contributed by atoms with van der Waals surface area (Å²) in [6.45, 7) is 16.7. The van der Waals surface area contributed by atoms with Gasteiger partial charge in [-0.05, 0) is 54.2 Å². The van der Waals surface area contributed by atoms with Gasteiger partial charge in [0.05, 0.1) is 0 Å². The first-order chi connectivity index (χ1) is 16.8. The van der Waals surface area contributed by atoms with Gasteiger partial charge in [0, 0.05) is 52.3 Å². The number of allylic oxidation sites excluding steroid dienone is 7. The fourth-order valence-corrected chi connectivity index (χ4v) is 3.09. The Morgan fingerprint density at radius 1 is 1.06 bits per heavy atom. The monoisotopic (exact) mass is 498 g/mol. The van der Waals surface area contributed by atoms with Crippen LogP contribution in [0.2, 0.25) is 0 Å². The lowest BCUT2D eigenvalue weighted by Crippen LogP contribution is -2.12. The number of nitrogens with zero attached hydrogens (tertiary/aromatic N) is 2. The SMILES string of the molecule is C=C/C(=C\N(C)C)c1ccc(CC(=NC)C(=C)/C(C)=C\C=C(/C)C(C)=O)cc1.CCCC(F)(F)CC. The first-order valence-electron chi connectivity index (χ1n) is 12.3. The van der Waals surface area contributed by atoms with Gasteiger partial charge in [-0.3, -0.25) is 9.79 Å². The van der Waals surface area contributed by atoms with Crippen molar-refractivity contribution in [1.29, 1.82) is 0 Å². The summed E-state index contributed by atoms with van der Waals surface area (Å²) in [5, 5.41) is 0. The highest BCUT2D eigenvalue weighted by molar-refractivity contribution is 6.04. The van der Waals surface area contributed by atoms with E-state index in [1.807, 2.05) is 57.3 Å². The minimum atomic E-state index is -2.41. The van der Waals surface area contributed by atoms with Crippen molar-refractivity contribution in [1.82, 2.24) is 4.90 Å². The molecule has 0 aliphatic rings. The first-order valence-corrected chi connectivity index (χ1v) is 12.3. The van der Waals surface area contributed by atoms with Crippen LogP contribution in [0.25, 0.3) is 5.57 Å². The number of rotatable bonds is 12. The minimum Gasteiger partial charge on any atom is -0.383 e. The topological polar surface area (TPSA) is 32.7 Å². The second-order valence-electron chi connectivity index (χ2n) is 8.99. The van der Waals surface area contributed by atoms with Crippen LogP contribution in [0, 0.1) is 0 Å². The summed E-state index contributed by atoms with van der Waals surface area (Å²) in [4.78, 5) is 17.8. The van der Waals surface area contributed by atoms with Crippen molar-refractivity contribution in [3.63, 3.8) is 0 Å². The lowest BCUT2D eigenvalue weighted by atomic mass is 9.96. The zero-order valence-electron chi connectivity index (χ0n) is 23.4. The van der Waals surface area contributed by atoms with E-state index >= 15 is 0 Å². The van der Waals surface area contributed by atoms with E-state index in [1.165, 1.54) is 12.5 Å². The predicted molar refractivity (Wildman–Crippen MR) is 153 cm³/mol. The number of Topliss-reactive ketones (excluding diaryl/α,β-unsaturated/α-hetero) is 1. The van der Waals surface area contributed by atoms with E-state index in [1.54, 1.807) is 20.9 Å². The molecular weight excluding hydrogens is 454 g/mol. The second-order valence-corrected chi connectivity index (χ2v) is 8.99. The standard InChI is InChI=1S/C25H32N2O.C6H12F2/c1-9-23(17-27(7)8)24-14-12-22(13-15-24)16-25(26-6)20(4)18(2)10-11-19(3)21(5)28;1-3-5-6(7,8)4-2/h9-15,17H,1,4,16H2,2-3,5-8H3;3-5H2,1-2H3/b18-10-,19-11+,23-17+,26-25?;. The summed E-state index contributed by atoms with van der Waals surface area (Å²) in [5.41, 5.74) is 6.92. The molecule has 0 aromatic heterocycles. The maximum atomic E-state index is 12.2. The number of hydrogen-bond acceptors (Lipinski definition) is 3. The maximum absolute atomic E-state index is 12.2. The zero-order chi connectivity index (χ0) is 27.9. The van der Waals surface area contributed by atoms with Gasteiger partial charge in [0.2, 0.25) is 5.92 Å². The van der Waals surface area contributed by atoms with Crippen LogP contribution < -0.4 is 0 Å². The highest BCUT2D eigenvalue weighted by Crippen LogP contribution is 2.23. The molecule has 0 N–H and O–H groups in total. The molecule has 0 radical (unpaired) electrons. The Balaban J connectivity index is 0.00000131. The number of ketones is 1. The lowest BCUT2D eigenvalue weighted by Gasteiger charge is -2.12. The molecule has 0 bridgehead atoms. The molecule has 0 amide bonds. The summed E-state index contributed by atoms with van der Waals surface area (Å²) in [7, 11) is 5.78. The van der Waals surface area contributed by atoms with Gasteiger partial charge in [-0.25, -0.2) is 8.78 Å². The van der Waals surface area contributed by atoms with E-state index in [0.717, 1.165) is 33.6 Å². The van der Waals surface area contributed by atoms with E-state index in [4.69, 9.17) is 0 Å². The number of hydrogen-bond donors (Lipinski definition) is 0. The van der Waals surface area contributed by atoms with E-state index < -0.39 is 5.92 Å². The third-order valence-corrected chi connectivity index (χ3v) is 5.64. The molecule has 0 saturated carbocycles. The molecule has 3 nitrogen and oxygen atoms in total. The third-order valence-electron chi connectivity index (χ3n) is 5.64. The predicted octanol–water partition coefficient (Wildman–Crippen LogP) is 8.26. The summed E-state index contributed by atoms with van der Waals surface area (Å²) in [6.07, 6.45) is 8.95. The molecule has 0 aliphatic heterocycles. The summed E-state index contributed by atoms with van der Waals surface area (Å²) >= 11 is 0. The van der Waals surface area contributed by atoms with Gasteiger partial charge in [0.25, 0.3) is 0 Å². The molecule has 0 fully saturated rings. The lowest BCUT2D eigenvalue weighted by molar-refractivity contribution is -0.113. The van der Waals surface area contributed by atoms with Gasteiger partial charge in [-0.1, -0.05) is 75.9 Å². The van der Waals surface area contributed by atoms with E-state index in [2.05, 4.69) is 42.4 Å². The number of benzene rings is 1. The van der Waals surface area contributed by atoms with Crippen molar-refractivity contribution < 1.29 is 13.6 Å². The first kappa shape index (κ1) is 32.9. The summed E-state index contributed by atoms with van der Waals surface area (Å²) in [6, 6.07) is 8.42. The Morgan fingerprint density at radius 3 is 2.00 bits per heavy atom. The zero-order valence-corrected chi connectivity index (χ0v) is 23.4.